The van der Waals surface area contributed by atoms with E-state index in [2.05, 4.69) is 10.4 Å². The van der Waals surface area contributed by atoms with Gasteiger partial charge in [-0.05, 0) is 40.8 Å². The Balaban J connectivity index is 2.05. The second-order valence-corrected chi connectivity index (χ2v) is 4.67. The first-order valence-corrected chi connectivity index (χ1v) is 6.17. The SMILES string of the molecule is Nc1ccn(CC(=O)Nc2cccc(F)c2I)n1. The van der Waals surface area contributed by atoms with Crippen LogP contribution in [0.15, 0.2) is 30.5 Å². The van der Waals surface area contributed by atoms with E-state index in [0.717, 1.165) is 0 Å². The first-order valence-electron chi connectivity index (χ1n) is 5.09. The van der Waals surface area contributed by atoms with Crippen molar-refractivity contribution in [1.29, 1.82) is 0 Å². The number of benzene rings is 1. The predicted octanol–water partition coefficient (Wildman–Crippen LogP) is 1.85. The number of rotatable bonds is 3. The van der Waals surface area contributed by atoms with Gasteiger partial charge in [0.05, 0.1) is 9.26 Å². The van der Waals surface area contributed by atoms with Crippen molar-refractivity contribution in [3.05, 3.63) is 39.8 Å². The summed E-state index contributed by atoms with van der Waals surface area (Å²) in [5, 5.41) is 6.51. The molecular weight excluding hydrogens is 350 g/mol. The number of anilines is 2. The topological polar surface area (TPSA) is 72.9 Å². The van der Waals surface area contributed by atoms with E-state index in [1.54, 1.807) is 24.4 Å². The van der Waals surface area contributed by atoms with Crippen molar-refractivity contribution in [2.45, 2.75) is 6.54 Å². The number of carbonyl (C=O) groups is 1. The second-order valence-electron chi connectivity index (χ2n) is 3.59. The molecule has 7 heteroatoms. The average Bonchev–Trinajstić information content (AvgIpc) is 2.70. The van der Waals surface area contributed by atoms with Crippen molar-refractivity contribution in [3.8, 4) is 0 Å². The number of hydrogen-bond acceptors (Lipinski definition) is 3. The van der Waals surface area contributed by atoms with Crippen LogP contribution in [-0.4, -0.2) is 15.7 Å². The third-order valence-corrected chi connectivity index (χ3v) is 3.29. The third-order valence-electron chi connectivity index (χ3n) is 2.19. The highest BCUT2D eigenvalue weighted by Gasteiger charge is 2.09. The highest BCUT2D eigenvalue weighted by atomic mass is 127. The fraction of sp³-hybridized carbons (Fsp3) is 0.0909. The van der Waals surface area contributed by atoms with E-state index in [0.29, 0.717) is 15.1 Å². The summed E-state index contributed by atoms with van der Waals surface area (Å²) in [6.45, 7) is 0.0315. The van der Waals surface area contributed by atoms with Gasteiger partial charge in [0.1, 0.15) is 18.2 Å². The number of carbonyl (C=O) groups excluding carboxylic acids is 1. The molecule has 3 N–H and O–H groups in total. The van der Waals surface area contributed by atoms with Gasteiger partial charge in [0, 0.05) is 6.20 Å². The first-order chi connectivity index (χ1) is 8.56. The molecule has 0 saturated heterocycles. The zero-order valence-corrected chi connectivity index (χ0v) is 11.4. The average molecular weight is 360 g/mol. The Morgan fingerprint density at radius 2 is 2.28 bits per heavy atom. The molecule has 1 amide bonds. The Hall–Kier alpha value is -1.64. The summed E-state index contributed by atoms with van der Waals surface area (Å²) in [4.78, 5) is 11.7. The fourth-order valence-corrected chi connectivity index (χ4v) is 1.90. The highest BCUT2D eigenvalue weighted by molar-refractivity contribution is 14.1. The number of hydrogen-bond donors (Lipinski definition) is 2. The van der Waals surface area contributed by atoms with Gasteiger partial charge >= 0.3 is 0 Å². The van der Waals surface area contributed by atoms with E-state index in [1.807, 2.05) is 22.6 Å². The first kappa shape index (κ1) is 12.8. The van der Waals surface area contributed by atoms with Crippen molar-refractivity contribution in [3.63, 3.8) is 0 Å². The van der Waals surface area contributed by atoms with Crippen molar-refractivity contribution < 1.29 is 9.18 Å². The lowest BCUT2D eigenvalue weighted by molar-refractivity contribution is -0.116. The molecule has 0 radical (unpaired) electrons. The van der Waals surface area contributed by atoms with E-state index >= 15 is 0 Å². The van der Waals surface area contributed by atoms with Crippen LogP contribution < -0.4 is 11.1 Å². The van der Waals surface area contributed by atoms with Gasteiger partial charge in [-0.1, -0.05) is 6.07 Å². The maximum absolute atomic E-state index is 13.3. The Morgan fingerprint density at radius 3 is 2.94 bits per heavy atom. The number of aromatic nitrogens is 2. The second kappa shape index (κ2) is 5.34. The minimum Gasteiger partial charge on any atom is -0.382 e. The summed E-state index contributed by atoms with van der Waals surface area (Å²) in [5.74, 6) is -0.304. The Kier molecular flexibility index (Phi) is 3.80. The monoisotopic (exact) mass is 360 g/mol. The van der Waals surface area contributed by atoms with Crippen LogP contribution in [0.4, 0.5) is 15.9 Å². The van der Waals surface area contributed by atoms with Crippen molar-refractivity contribution in [2.75, 3.05) is 11.1 Å². The summed E-state index contributed by atoms with van der Waals surface area (Å²) in [6, 6.07) is 6.12. The molecule has 1 aromatic carbocycles. The van der Waals surface area contributed by atoms with E-state index in [-0.39, 0.29) is 18.3 Å². The molecule has 0 bridgehead atoms. The van der Waals surface area contributed by atoms with Crippen LogP contribution in [-0.2, 0) is 11.3 Å². The molecule has 0 aliphatic rings. The van der Waals surface area contributed by atoms with Gasteiger partial charge < -0.3 is 11.1 Å². The Labute approximate surface area is 116 Å². The molecule has 0 unspecified atom stereocenters. The number of halogens is 2. The fourth-order valence-electron chi connectivity index (χ4n) is 1.40. The Bertz CT molecular complexity index is 584. The minimum atomic E-state index is -0.364. The molecule has 0 fully saturated rings. The molecule has 18 heavy (non-hydrogen) atoms. The highest BCUT2D eigenvalue weighted by Crippen LogP contribution is 2.20. The van der Waals surface area contributed by atoms with E-state index in [4.69, 9.17) is 5.73 Å². The van der Waals surface area contributed by atoms with Crippen LogP contribution in [0.2, 0.25) is 0 Å². The summed E-state index contributed by atoms with van der Waals surface area (Å²) < 4.78 is 15.1. The predicted molar refractivity (Wildman–Crippen MR) is 74.4 cm³/mol. The quantitative estimate of drug-likeness (QED) is 0.821. The molecule has 0 atom stereocenters. The third kappa shape index (κ3) is 2.97. The van der Waals surface area contributed by atoms with Gasteiger partial charge in [-0.15, -0.1) is 0 Å². The number of nitrogens with two attached hydrogens (primary N) is 1. The van der Waals surface area contributed by atoms with Crippen LogP contribution in [0.1, 0.15) is 0 Å². The van der Waals surface area contributed by atoms with E-state index < -0.39 is 0 Å². The van der Waals surface area contributed by atoms with Gasteiger partial charge in [0.25, 0.3) is 0 Å². The zero-order valence-electron chi connectivity index (χ0n) is 9.23. The summed E-state index contributed by atoms with van der Waals surface area (Å²) in [5.41, 5.74) is 5.88. The lowest BCUT2D eigenvalue weighted by atomic mass is 10.3. The smallest absolute Gasteiger partial charge is 0.246 e. The van der Waals surface area contributed by atoms with Crippen molar-refractivity contribution in [2.24, 2.45) is 0 Å². The maximum Gasteiger partial charge on any atom is 0.246 e. The van der Waals surface area contributed by atoms with Crippen LogP contribution in [0.3, 0.4) is 0 Å². The molecule has 94 valence electrons. The van der Waals surface area contributed by atoms with Crippen molar-refractivity contribution in [1.82, 2.24) is 9.78 Å². The lowest BCUT2D eigenvalue weighted by Gasteiger charge is -2.07. The lowest BCUT2D eigenvalue weighted by Crippen LogP contribution is -2.19. The maximum atomic E-state index is 13.3. The molecule has 1 heterocycles. The molecule has 0 saturated carbocycles. The molecule has 2 aromatic rings. The number of amides is 1. The van der Waals surface area contributed by atoms with Crippen LogP contribution in [0.5, 0.6) is 0 Å². The van der Waals surface area contributed by atoms with E-state index in [1.165, 1.54) is 10.7 Å². The van der Waals surface area contributed by atoms with Gasteiger partial charge in [-0.25, -0.2) is 4.39 Å². The van der Waals surface area contributed by atoms with Gasteiger partial charge in [-0.3, -0.25) is 9.48 Å². The van der Waals surface area contributed by atoms with Gasteiger partial charge in [-0.2, -0.15) is 5.10 Å². The van der Waals surface area contributed by atoms with Crippen LogP contribution in [0.25, 0.3) is 0 Å². The standard InChI is InChI=1S/C11H10FIN4O/c12-7-2-1-3-8(11(7)13)15-10(18)6-17-5-4-9(14)16-17/h1-5H,6H2,(H2,14,16)(H,15,18). The number of nitrogens with one attached hydrogen (secondary N) is 1. The normalized spacial score (nSPS) is 10.3. The summed E-state index contributed by atoms with van der Waals surface area (Å²) >= 11 is 1.84. The molecule has 0 aliphatic heterocycles. The zero-order chi connectivity index (χ0) is 13.1. The van der Waals surface area contributed by atoms with Gasteiger partial charge in [0.15, 0.2) is 0 Å². The largest absolute Gasteiger partial charge is 0.382 e. The number of nitrogen functional groups attached to an aromatic ring is 1. The van der Waals surface area contributed by atoms with E-state index in [9.17, 15) is 9.18 Å². The van der Waals surface area contributed by atoms with Crippen LogP contribution in [0, 0.1) is 9.39 Å². The molecule has 1 aromatic heterocycles. The Morgan fingerprint density at radius 1 is 1.50 bits per heavy atom. The molecule has 5 nitrogen and oxygen atoms in total. The van der Waals surface area contributed by atoms with Crippen LogP contribution >= 0.6 is 22.6 Å². The molecular formula is C11H10FIN4O. The molecule has 0 spiro atoms. The molecule has 2 rings (SSSR count). The van der Waals surface area contributed by atoms with Gasteiger partial charge in [0.2, 0.25) is 5.91 Å². The summed E-state index contributed by atoms with van der Waals surface area (Å²) in [7, 11) is 0. The molecule has 0 aliphatic carbocycles. The van der Waals surface area contributed by atoms with Crippen molar-refractivity contribution >= 4 is 40.0 Å². The number of nitrogens with zero attached hydrogens (tertiary/aromatic N) is 2. The summed E-state index contributed by atoms with van der Waals surface area (Å²) in [6.07, 6.45) is 1.60. The minimum absolute atomic E-state index is 0.0315.